The zero-order chi connectivity index (χ0) is 47.0. The predicted molar refractivity (Wildman–Crippen MR) is 275 cm³/mol. The number of esters is 3. The maximum atomic E-state index is 12.8. The van der Waals surface area contributed by atoms with Crippen LogP contribution in [0.15, 0.2) is 0 Å². The van der Waals surface area contributed by atoms with Gasteiger partial charge in [0.15, 0.2) is 6.10 Å². The summed E-state index contributed by atoms with van der Waals surface area (Å²) in [5, 5.41) is 0. The molecule has 0 unspecified atom stereocenters. The monoisotopic (exact) mass is 905 g/mol. The van der Waals surface area contributed by atoms with E-state index >= 15 is 0 Å². The van der Waals surface area contributed by atoms with E-state index in [2.05, 4.69) is 41.5 Å². The highest BCUT2D eigenvalue weighted by molar-refractivity contribution is 5.71. The van der Waals surface area contributed by atoms with Crippen LogP contribution in [0.25, 0.3) is 0 Å². The highest BCUT2D eigenvalue weighted by atomic mass is 16.6. The van der Waals surface area contributed by atoms with E-state index in [1.54, 1.807) is 0 Å². The summed E-state index contributed by atoms with van der Waals surface area (Å²) in [6.45, 7) is 13.7. The fourth-order valence-electron chi connectivity index (χ4n) is 8.82. The summed E-state index contributed by atoms with van der Waals surface area (Å²) in [6, 6.07) is 0. The minimum atomic E-state index is -0.763. The van der Waals surface area contributed by atoms with Gasteiger partial charge in [0, 0.05) is 19.3 Å². The topological polar surface area (TPSA) is 78.9 Å². The van der Waals surface area contributed by atoms with E-state index in [0.717, 1.165) is 75.5 Å². The number of carbonyl (C=O) groups excluding carboxylic acids is 3. The molecule has 0 aliphatic heterocycles. The summed E-state index contributed by atoms with van der Waals surface area (Å²) in [5.41, 5.74) is 0. The van der Waals surface area contributed by atoms with Crippen LogP contribution in [0.2, 0.25) is 0 Å². The molecule has 0 aliphatic carbocycles. The van der Waals surface area contributed by atoms with Gasteiger partial charge in [-0.25, -0.2) is 0 Å². The van der Waals surface area contributed by atoms with E-state index in [4.69, 9.17) is 14.2 Å². The van der Waals surface area contributed by atoms with Crippen molar-refractivity contribution in [3.63, 3.8) is 0 Å². The van der Waals surface area contributed by atoms with E-state index in [0.29, 0.717) is 19.3 Å². The molecule has 0 bridgehead atoms. The Kier molecular flexibility index (Phi) is 48.1. The summed E-state index contributed by atoms with van der Waals surface area (Å²) in [5.74, 6) is 1.65. The second-order valence-corrected chi connectivity index (χ2v) is 21.4. The average Bonchev–Trinajstić information content (AvgIpc) is 3.25. The Balaban J connectivity index is 4.28. The van der Waals surface area contributed by atoms with E-state index in [1.165, 1.54) is 199 Å². The maximum absolute atomic E-state index is 12.8. The largest absolute Gasteiger partial charge is 0.462 e. The summed E-state index contributed by atoms with van der Waals surface area (Å²) in [4.78, 5) is 38.1. The first-order chi connectivity index (χ1) is 31.1. The fraction of sp³-hybridized carbons (Fsp3) is 0.948. The molecule has 0 amide bonds. The van der Waals surface area contributed by atoms with Gasteiger partial charge in [0.2, 0.25) is 0 Å². The van der Waals surface area contributed by atoms with Crippen LogP contribution in [0.1, 0.15) is 318 Å². The number of hydrogen-bond acceptors (Lipinski definition) is 6. The van der Waals surface area contributed by atoms with Crippen molar-refractivity contribution in [2.45, 2.75) is 324 Å². The van der Waals surface area contributed by atoms with Crippen molar-refractivity contribution in [2.24, 2.45) is 17.8 Å². The van der Waals surface area contributed by atoms with Crippen molar-refractivity contribution in [2.75, 3.05) is 13.2 Å². The van der Waals surface area contributed by atoms with Crippen LogP contribution in [0, 0.1) is 17.8 Å². The third-order valence-electron chi connectivity index (χ3n) is 13.1. The lowest BCUT2D eigenvalue weighted by Crippen LogP contribution is -2.30. The lowest BCUT2D eigenvalue weighted by Gasteiger charge is -2.18. The van der Waals surface area contributed by atoms with Gasteiger partial charge in [-0.1, -0.05) is 279 Å². The Morgan fingerprint density at radius 3 is 0.672 bits per heavy atom. The lowest BCUT2D eigenvalue weighted by molar-refractivity contribution is -0.167. The quantitative estimate of drug-likeness (QED) is 0.0344. The first-order valence-electron chi connectivity index (χ1n) is 28.6. The summed E-state index contributed by atoms with van der Waals surface area (Å²) in [6.07, 6.45) is 51.0. The lowest BCUT2D eigenvalue weighted by atomic mass is 10.0. The molecule has 0 N–H and O–H groups in total. The maximum Gasteiger partial charge on any atom is 0.306 e. The molecule has 0 spiro atoms. The van der Waals surface area contributed by atoms with E-state index in [-0.39, 0.29) is 31.1 Å². The molecular formula is C58H112O6. The molecule has 1 atom stereocenters. The van der Waals surface area contributed by atoms with Crippen LogP contribution in [0.3, 0.4) is 0 Å². The molecule has 0 fully saturated rings. The Labute approximate surface area is 399 Å². The normalized spacial score (nSPS) is 12.1. The highest BCUT2D eigenvalue weighted by Gasteiger charge is 2.19. The second kappa shape index (κ2) is 49.3. The van der Waals surface area contributed by atoms with Crippen molar-refractivity contribution >= 4 is 17.9 Å². The standard InChI is InChI=1S/C58H112O6/c1-52(2)44-38-32-26-20-15-11-9-7-8-10-12-18-24-31-37-43-49-58(61)64-55(51-63-57(60)48-42-36-30-25-19-22-28-34-40-46-54(5)6)50-62-56(59)47-41-35-29-23-17-14-13-16-21-27-33-39-45-53(3)4/h52-55H,7-51H2,1-6H3/t55-/m0/s1. The molecule has 6 nitrogen and oxygen atoms in total. The molecule has 0 heterocycles. The van der Waals surface area contributed by atoms with Crippen molar-refractivity contribution in [3.05, 3.63) is 0 Å². The molecule has 6 heteroatoms. The van der Waals surface area contributed by atoms with Crippen molar-refractivity contribution in [1.82, 2.24) is 0 Å². The molecule has 0 saturated carbocycles. The van der Waals surface area contributed by atoms with Crippen LogP contribution >= 0.6 is 0 Å². The molecule has 64 heavy (non-hydrogen) atoms. The third kappa shape index (κ3) is 51.4. The molecule has 0 aliphatic rings. The Morgan fingerprint density at radius 1 is 0.266 bits per heavy atom. The first-order valence-corrected chi connectivity index (χ1v) is 28.6. The minimum Gasteiger partial charge on any atom is -0.462 e. The summed E-state index contributed by atoms with van der Waals surface area (Å²) < 4.78 is 16.9. The van der Waals surface area contributed by atoms with Gasteiger partial charge < -0.3 is 14.2 Å². The molecule has 380 valence electrons. The third-order valence-corrected chi connectivity index (χ3v) is 13.1. The molecule has 0 aromatic carbocycles. The minimum absolute atomic E-state index is 0.0639. The molecule has 0 rings (SSSR count). The number of unbranched alkanes of at least 4 members (excludes halogenated alkanes) is 34. The molecule has 0 aromatic heterocycles. The Hall–Kier alpha value is -1.59. The van der Waals surface area contributed by atoms with Gasteiger partial charge in [0.1, 0.15) is 13.2 Å². The van der Waals surface area contributed by atoms with E-state index in [1.807, 2.05) is 0 Å². The number of carbonyl (C=O) groups is 3. The Bertz CT molecular complexity index is 991. The smallest absolute Gasteiger partial charge is 0.306 e. The van der Waals surface area contributed by atoms with Gasteiger partial charge in [0.25, 0.3) is 0 Å². The molecule has 0 aromatic rings. The van der Waals surface area contributed by atoms with Crippen LogP contribution in [0.5, 0.6) is 0 Å². The van der Waals surface area contributed by atoms with Gasteiger partial charge in [0.05, 0.1) is 0 Å². The van der Waals surface area contributed by atoms with Crippen LogP contribution in [0.4, 0.5) is 0 Å². The number of rotatable bonds is 51. The summed E-state index contributed by atoms with van der Waals surface area (Å²) >= 11 is 0. The highest BCUT2D eigenvalue weighted by Crippen LogP contribution is 2.18. The van der Waals surface area contributed by atoms with Gasteiger partial charge in [-0.2, -0.15) is 0 Å². The Morgan fingerprint density at radius 2 is 0.453 bits per heavy atom. The molecular weight excluding hydrogens is 793 g/mol. The first kappa shape index (κ1) is 62.4. The van der Waals surface area contributed by atoms with Gasteiger partial charge in [-0.3, -0.25) is 14.4 Å². The van der Waals surface area contributed by atoms with Gasteiger partial charge >= 0.3 is 17.9 Å². The van der Waals surface area contributed by atoms with Gasteiger partial charge in [-0.15, -0.1) is 0 Å². The van der Waals surface area contributed by atoms with Crippen LogP contribution < -0.4 is 0 Å². The zero-order valence-electron chi connectivity index (χ0n) is 44.1. The van der Waals surface area contributed by atoms with Crippen LogP contribution in [-0.4, -0.2) is 37.2 Å². The van der Waals surface area contributed by atoms with Gasteiger partial charge in [-0.05, 0) is 37.0 Å². The second-order valence-electron chi connectivity index (χ2n) is 21.4. The van der Waals surface area contributed by atoms with Crippen molar-refractivity contribution in [1.29, 1.82) is 0 Å². The zero-order valence-corrected chi connectivity index (χ0v) is 44.1. The predicted octanol–water partition coefficient (Wildman–Crippen LogP) is 18.7. The van der Waals surface area contributed by atoms with E-state index in [9.17, 15) is 14.4 Å². The molecule has 0 radical (unpaired) electrons. The number of ether oxygens (including phenoxy) is 3. The van der Waals surface area contributed by atoms with Crippen LogP contribution in [-0.2, 0) is 28.6 Å². The van der Waals surface area contributed by atoms with Crippen molar-refractivity contribution < 1.29 is 28.6 Å². The summed E-state index contributed by atoms with van der Waals surface area (Å²) in [7, 11) is 0. The SMILES string of the molecule is CC(C)CCCCCCCCCCCCCCCCCCC(=O)O[C@@H](COC(=O)CCCCCCCCCCCCCCC(C)C)COC(=O)CCCCCCCCCCCC(C)C. The average molecular weight is 906 g/mol. The van der Waals surface area contributed by atoms with Crippen molar-refractivity contribution in [3.8, 4) is 0 Å². The fourth-order valence-corrected chi connectivity index (χ4v) is 8.82. The number of hydrogen-bond donors (Lipinski definition) is 0. The molecule has 0 saturated heterocycles. The van der Waals surface area contributed by atoms with E-state index < -0.39 is 6.10 Å².